The van der Waals surface area contributed by atoms with E-state index in [-0.39, 0.29) is 36.0 Å². The summed E-state index contributed by atoms with van der Waals surface area (Å²) in [5.41, 5.74) is 0.861. The van der Waals surface area contributed by atoms with Gasteiger partial charge in [-0.3, -0.25) is 4.79 Å². The van der Waals surface area contributed by atoms with E-state index in [1.165, 1.54) is 12.1 Å². The summed E-state index contributed by atoms with van der Waals surface area (Å²) in [5.74, 6) is -0.966. The van der Waals surface area contributed by atoms with Gasteiger partial charge in [0.15, 0.2) is 16.4 Å². The summed E-state index contributed by atoms with van der Waals surface area (Å²) in [4.78, 5) is 25.8. The van der Waals surface area contributed by atoms with E-state index >= 15 is 0 Å². The van der Waals surface area contributed by atoms with Crippen molar-refractivity contribution in [3.05, 3.63) is 35.4 Å². The zero-order valence-corrected chi connectivity index (χ0v) is 15.4. The average Bonchev–Trinajstić information content (AvgIpc) is 2.50. The van der Waals surface area contributed by atoms with Crippen molar-refractivity contribution in [2.45, 2.75) is 31.8 Å². The predicted molar refractivity (Wildman–Crippen MR) is 91.9 cm³/mol. The molecule has 1 aliphatic rings. The van der Waals surface area contributed by atoms with Gasteiger partial charge in [0.1, 0.15) is 0 Å². The van der Waals surface area contributed by atoms with Crippen molar-refractivity contribution < 1.29 is 27.5 Å². The van der Waals surface area contributed by atoms with E-state index in [0.29, 0.717) is 18.7 Å². The average molecular weight is 369 g/mol. The van der Waals surface area contributed by atoms with Gasteiger partial charge < -0.3 is 14.4 Å². The van der Waals surface area contributed by atoms with Gasteiger partial charge in [-0.1, -0.05) is 12.1 Å². The van der Waals surface area contributed by atoms with Crippen molar-refractivity contribution in [3.8, 4) is 0 Å². The van der Waals surface area contributed by atoms with Crippen molar-refractivity contribution in [3.63, 3.8) is 0 Å². The van der Waals surface area contributed by atoms with E-state index in [2.05, 4.69) is 0 Å². The third-order valence-corrected chi connectivity index (χ3v) is 4.58. The Bertz CT molecular complexity index is 718. The molecule has 2 rings (SSSR count). The molecule has 7 nitrogen and oxygen atoms in total. The van der Waals surface area contributed by atoms with Gasteiger partial charge in [-0.05, 0) is 31.5 Å². The third kappa shape index (κ3) is 6.13. The second kappa shape index (κ2) is 7.97. The third-order valence-electron chi connectivity index (χ3n) is 3.72. The van der Waals surface area contributed by atoms with Gasteiger partial charge in [-0.2, -0.15) is 0 Å². The number of hydrogen-bond acceptors (Lipinski definition) is 6. The summed E-state index contributed by atoms with van der Waals surface area (Å²) in [5, 5.41) is 0. The molecule has 1 saturated heterocycles. The highest BCUT2D eigenvalue weighted by Crippen LogP contribution is 2.12. The fourth-order valence-corrected chi connectivity index (χ4v) is 3.52. The molecule has 1 aromatic rings. The smallest absolute Gasteiger partial charge is 0.338 e. The lowest BCUT2D eigenvalue weighted by molar-refractivity contribution is -0.146. The topological polar surface area (TPSA) is 90.0 Å². The zero-order valence-electron chi connectivity index (χ0n) is 14.6. The predicted octanol–water partition coefficient (Wildman–Crippen LogP) is 1.02. The summed E-state index contributed by atoms with van der Waals surface area (Å²) in [6, 6.07) is 6.11. The highest BCUT2D eigenvalue weighted by atomic mass is 32.2. The molecule has 138 valence electrons. The number of benzene rings is 1. The summed E-state index contributed by atoms with van der Waals surface area (Å²) in [6.07, 6.45) is 1.05. The largest absolute Gasteiger partial charge is 0.452 e. The molecule has 0 saturated carbocycles. The number of carbonyl (C=O) groups is 2. The normalized spacial score (nSPS) is 21.0. The first-order valence-corrected chi connectivity index (χ1v) is 10.1. The number of rotatable bonds is 5. The number of ether oxygens (including phenoxy) is 2. The number of amides is 1. The van der Waals surface area contributed by atoms with E-state index in [0.717, 1.165) is 6.26 Å². The molecule has 0 radical (unpaired) electrons. The monoisotopic (exact) mass is 369 g/mol. The van der Waals surface area contributed by atoms with Crippen molar-refractivity contribution in [1.29, 1.82) is 0 Å². The lowest BCUT2D eigenvalue weighted by atomic mass is 10.1. The Morgan fingerprint density at radius 1 is 1.16 bits per heavy atom. The number of morpholine rings is 1. The Morgan fingerprint density at radius 2 is 1.72 bits per heavy atom. The van der Waals surface area contributed by atoms with E-state index in [1.807, 2.05) is 13.8 Å². The Hall–Kier alpha value is -1.93. The van der Waals surface area contributed by atoms with Crippen molar-refractivity contribution >= 4 is 21.7 Å². The summed E-state index contributed by atoms with van der Waals surface area (Å²) in [6.45, 7) is 4.39. The molecule has 0 bridgehead atoms. The summed E-state index contributed by atoms with van der Waals surface area (Å²) in [7, 11) is -3.13. The molecule has 1 fully saturated rings. The molecule has 1 aromatic carbocycles. The molecule has 8 heteroatoms. The van der Waals surface area contributed by atoms with E-state index in [1.54, 1.807) is 17.0 Å². The number of sulfone groups is 1. The van der Waals surface area contributed by atoms with E-state index in [9.17, 15) is 18.0 Å². The zero-order chi connectivity index (χ0) is 18.6. The van der Waals surface area contributed by atoms with Crippen molar-refractivity contribution in [1.82, 2.24) is 4.90 Å². The van der Waals surface area contributed by atoms with Gasteiger partial charge in [0.05, 0.1) is 23.5 Å². The molecule has 25 heavy (non-hydrogen) atoms. The molecular formula is C17H23NO6S. The molecule has 0 N–H and O–H groups in total. The van der Waals surface area contributed by atoms with Crippen LogP contribution in [0.5, 0.6) is 0 Å². The molecule has 1 heterocycles. The van der Waals surface area contributed by atoms with Crippen LogP contribution in [0.3, 0.4) is 0 Å². The van der Waals surface area contributed by atoms with Gasteiger partial charge in [0, 0.05) is 19.3 Å². The molecule has 1 aliphatic heterocycles. The number of esters is 1. The molecule has 0 aromatic heterocycles. The van der Waals surface area contributed by atoms with Crippen molar-refractivity contribution in [2.24, 2.45) is 0 Å². The second-order valence-electron chi connectivity index (χ2n) is 6.40. The number of carbonyl (C=O) groups excluding carboxylic acids is 2. The second-order valence-corrected chi connectivity index (χ2v) is 8.54. The SMILES string of the molecule is C[C@H]1CN(C(=O)COC(=O)c2ccc(CS(C)(=O)=O)cc2)C[C@H](C)O1. The van der Waals surface area contributed by atoms with Gasteiger partial charge >= 0.3 is 5.97 Å². The lowest BCUT2D eigenvalue weighted by Gasteiger charge is -2.35. The highest BCUT2D eigenvalue weighted by molar-refractivity contribution is 7.89. The molecule has 0 aliphatic carbocycles. The molecule has 0 spiro atoms. The quantitative estimate of drug-likeness (QED) is 0.720. The Morgan fingerprint density at radius 3 is 2.24 bits per heavy atom. The van der Waals surface area contributed by atoms with Crippen molar-refractivity contribution in [2.75, 3.05) is 26.0 Å². The Kier molecular flexibility index (Phi) is 6.18. The van der Waals surface area contributed by atoms with Gasteiger partial charge in [0.2, 0.25) is 0 Å². The maximum atomic E-state index is 12.2. The Balaban J connectivity index is 1.88. The fraction of sp³-hybridized carbons (Fsp3) is 0.529. The number of nitrogens with zero attached hydrogens (tertiary/aromatic N) is 1. The fourth-order valence-electron chi connectivity index (χ4n) is 2.72. The van der Waals surface area contributed by atoms with Gasteiger partial charge in [-0.25, -0.2) is 13.2 Å². The molecule has 0 unspecified atom stereocenters. The van der Waals surface area contributed by atoms with Gasteiger partial charge in [-0.15, -0.1) is 0 Å². The summed E-state index contributed by atoms with van der Waals surface area (Å²) >= 11 is 0. The number of hydrogen-bond donors (Lipinski definition) is 0. The van der Waals surface area contributed by atoms with E-state index in [4.69, 9.17) is 9.47 Å². The molecular weight excluding hydrogens is 346 g/mol. The van der Waals surface area contributed by atoms with Crippen LogP contribution >= 0.6 is 0 Å². The maximum absolute atomic E-state index is 12.2. The van der Waals surface area contributed by atoms with Crippen LogP contribution in [-0.2, 0) is 29.9 Å². The molecule has 2 atom stereocenters. The minimum absolute atomic E-state index is 0.0502. The standard InChI is InChI=1S/C17H23NO6S/c1-12-8-18(9-13(2)24-12)16(19)10-23-17(20)15-6-4-14(5-7-15)11-25(3,21)22/h4-7,12-13H,8-11H2,1-3H3/t12-,13-/m0/s1. The van der Waals surface area contributed by atoms with Crippen LogP contribution in [0.4, 0.5) is 0 Å². The highest BCUT2D eigenvalue weighted by Gasteiger charge is 2.26. The van der Waals surface area contributed by atoms with Crippen LogP contribution in [0, 0.1) is 0 Å². The maximum Gasteiger partial charge on any atom is 0.338 e. The van der Waals surface area contributed by atoms with E-state index < -0.39 is 15.8 Å². The first-order chi connectivity index (χ1) is 11.6. The van der Waals surface area contributed by atoms with Crippen LogP contribution in [-0.4, -0.2) is 63.4 Å². The van der Waals surface area contributed by atoms with Crippen LogP contribution in [0.25, 0.3) is 0 Å². The summed E-state index contributed by atoms with van der Waals surface area (Å²) < 4.78 is 33.1. The van der Waals surface area contributed by atoms with Crippen LogP contribution in [0.2, 0.25) is 0 Å². The Labute approximate surface area is 147 Å². The minimum atomic E-state index is -3.13. The van der Waals surface area contributed by atoms with Crippen LogP contribution in [0.1, 0.15) is 29.8 Å². The van der Waals surface area contributed by atoms with Crippen LogP contribution in [0.15, 0.2) is 24.3 Å². The molecule has 1 amide bonds. The lowest BCUT2D eigenvalue weighted by Crippen LogP contribution is -2.49. The van der Waals surface area contributed by atoms with Crippen LogP contribution < -0.4 is 0 Å². The minimum Gasteiger partial charge on any atom is -0.452 e. The first-order valence-electron chi connectivity index (χ1n) is 8.01. The van der Waals surface area contributed by atoms with Gasteiger partial charge in [0.25, 0.3) is 5.91 Å². The first kappa shape index (κ1) is 19.4.